The maximum Gasteiger partial charge on any atom is 0.246 e. The smallest absolute Gasteiger partial charge is 0.246 e. The molecular weight excluding hydrogens is 296 g/mol. The molecule has 0 aromatic carbocycles. The van der Waals surface area contributed by atoms with Crippen LogP contribution in [-0.4, -0.2) is 25.5 Å². The Morgan fingerprint density at radius 1 is 0.792 bits per heavy atom. The van der Waals surface area contributed by atoms with Gasteiger partial charge in [-0.2, -0.15) is 0 Å². The molecule has 24 heavy (non-hydrogen) atoms. The Balaban J connectivity index is 3.08. The Hall–Kier alpha value is -0.830. The molecule has 0 spiro atoms. The molecule has 0 aromatic rings. The van der Waals surface area contributed by atoms with E-state index < -0.39 is 0 Å². The molecule has 0 aliphatic heterocycles. The van der Waals surface area contributed by atoms with Crippen molar-refractivity contribution in [1.29, 1.82) is 0 Å². The summed E-state index contributed by atoms with van der Waals surface area (Å²) in [6.07, 6.45) is 14.9. The maximum absolute atomic E-state index is 11.3. The van der Waals surface area contributed by atoms with E-state index in [1.807, 2.05) is 0 Å². The van der Waals surface area contributed by atoms with E-state index in [0.29, 0.717) is 5.57 Å². The number of carbonyl (C=O) groups excluding carboxylic acids is 1. The third-order valence-electron chi connectivity index (χ3n) is 4.34. The molecule has 0 bridgehead atoms. The molecule has 142 valence electrons. The third kappa shape index (κ3) is 17.5. The van der Waals surface area contributed by atoms with E-state index in [2.05, 4.69) is 31.1 Å². The van der Waals surface area contributed by atoms with E-state index >= 15 is 0 Å². The molecule has 0 atom stereocenters. The molecule has 3 heteroatoms. The minimum Gasteiger partial charge on any atom is -0.352 e. The van der Waals surface area contributed by atoms with E-state index in [4.69, 9.17) is 0 Å². The van der Waals surface area contributed by atoms with Crippen molar-refractivity contribution in [2.24, 2.45) is 5.92 Å². The molecule has 2 N–H and O–H groups in total. The molecule has 0 aliphatic rings. The van der Waals surface area contributed by atoms with Crippen molar-refractivity contribution in [3.63, 3.8) is 0 Å². The number of amides is 1. The minimum atomic E-state index is -0.0325. The second-order valence-corrected chi connectivity index (χ2v) is 7.50. The lowest BCUT2D eigenvalue weighted by atomic mass is 10.0. The van der Waals surface area contributed by atoms with Gasteiger partial charge >= 0.3 is 0 Å². The molecule has 0 saturated heterocycles. The summed E-state index contributed by atoms with van der Waals surface area (Å²) in [6, 6.07) is 0. The molecule has 0 rings (SSSR count). The molecule has 0 fully saturated rings. The van der Waals surface area contributed by atoms with E-state index in [1.54, 1.807) is 6.92 Å². The lowest BCUT2D eigenvalue weighted by Crippen LogP contribution is -2.27. The van der Waals surface area contributed by atoms with Crippen LogP contribution in [-0.2, 0) is 4.79 Å². The van der Waals surface area contributed by atoms with Crippen LogP contribution in [0.15, 0.2) is 12.2 Å². The van der Waals surface area contributed by atoms with Crippen molar-refractivity contribution in [2.75, 3.05) is 19.6 Å². The van der Waals surface area contributed by atoms with Crippen LogP contribution < -0.4 is 10.6 Å². The Morgan fingerprint density at radius 2 is 1.29 bits per heavy atom. The Kier molecular flexibility index (Phi) is 16.4. The highest BCUT2D eigenvalue weighted by molar-refractivity contribution is 5.91. The predicted molar refractivity (Wildman–Crippen MR) is 106 cm³/mol. The van der Waals surface area contributed by atoms with Gasteiger partial charge in [0.15, 0.2) is 0 Å². The first kappa shape index (κ1) is 23.2. The Bertz CT molecular complexity index is 313. The summed E-state index contributed by atoms with van der Waals surface area (Å²) in [4.78, 5) is 11.3. The first-order valence-corrected chi connectivity index (χ1v) is 10.2. The summed E-state index contributed by atoms with van der Waals surface area (Å²) < 4.78 is 0. The summed E-state index contributed by atoms with van der Waals surface area (Å²) in [7, 11) is 0. The SMILES string of the molecule is C=C(C)C(=O)NCCCNCCCCCCCCCCCC(C)C. The topological polar surface area (TPSA) is 41.1 Å². The van der Waals surface area contributed by atoms with Gasteiger partial charge < -0.3 is 10.6 Å². The van der Waals surface area contributed by atoms with E-state index in [1.165, 1.54) is 64.2 Å². The summed E-state index contributed by atoms with van der Waals surface area (Å²) in [5, 5.41) is 6.30. The zero-order chi connectivity index (χ0) is 18.0. The Morgan fingerprint density at radius 3 is 1.83 bits per heavy atom. The first-order valence-electron chi connectivity index (χ1n) is 10.2. The van der Waals surface area contributed by atoms with Crippen molar-refractivity contribution in [2.45, 2.75) is 91.4 Å². The number of hydrogen-bond donors (Lipinski definition) is 2. The minimum absolute atomic E-state index is 0.0325. The van der Waals surface area contributed by atoms with Gasteiger partial charge in [0.05, 0.1) is 0 Å². The second-order valence-electron chi connectivity index (χ2n) is 7.50. The molecule has 0 saturated carbocycles. The van der Waals surface area contributed by atoms with Gasteiger partial charge in [0.25, 0.3) is 0 Å². The fraction of sp³-hybridized carbons (Fsp3) is 0.857. The summed E-state index contributed by atoms with van der Waals surface area (Å²) in [6.45, 7) is 12.8. The third-order valence-corrected chi connectivity index (χ3v) is 4.34. The quantitative estimate of drug-likeness (QED) is 0.282. The van der Waals surface area contributed by atoms with Gasteiger partial charge in [0, 0.05) is 12.1 Å². The summed E-state index contributed by atoms with van der Waals surface area (Å²) >= 11 is 0. The molecule has 0 heterocycles. The Labute approximate surface area is 151 Å². The van der Waals surface area contributed by atoms with E-state index in [0.717, 1.165) is 32.0 Å². The van der Waals surface area contributed by atoms with Gasteiger partial charge in [-0.05, 0) is 38.8 Å². The van der Waals surface area contributed by atoms with Crippen LogP contribution in [0.4, 0.5) is 0 Å². The molecular formula is C21H42N2O. The highest BCUT2D eigenvalue weighted by atomic mass is 16.1. The van der Waals surface area contributed by atoms with Gasteiger partial charge in [-0.1, -0.05) is 78.2 Å². The molecule has 0 unspecified atom stereocenters. The summed E-state index contributed by atoms with van der Waals surface area (Å²) in [5.41, 5.74) is 0.582. The van der Waals surface area contributed by atoms with E-state index in [9.17, 15) is 4.79 Å². The molecule has 0 aliphatic carbocycles. The van der Waals surface area contributed by atoms with Crippen molar-refractivity contribution in [3.8, 4) is 0 Å². The van der Waals surface area contributed by atoms with Crippen LogP contribution in [0.2, 0.25) is 0 Å². The zero-order valence-electron chi connectivity index (χ0n) is 16.6. The van der Waals surface area contributed by atoms with Gasteiger partial charge in [-0.25, -0.2) is 0 Å². The van der Waals surface area contributed by atoms with Crippen molar-refractivity contribution < 1.29 is 4.79 Å². The van der Waals surface area contributed by atoms with Crippen LogP contribution in [0.1, 0.15) is 91.4 Å². The van der Waals surface area contributed by atoms with Crippen LogP contribution in [0.3, 0.4) is 0 Å². The van der Waals surface area contributed by atoms with Crippen molar-refractivity contribution in [3.05, 3.63) is 12.2 Å². The van der Waals surface area contributed by atoms with Gasteiger partial charge in [-0.3, -0.25) is 4.79 Å². The average molecular weight is 339 g/mol. The van der Waals surface area contributed by atoms with Crippen LogP contribution in [0.5, 0.6) is 0 Å². The van der Waals surface area contributed by atoms with Crippen molar-refractivity contribution in [1.82, 2.24) is 10.6 Å². The lowest BCUT2D eigenvalue weighted by molar-refractivity contribution is -0.117. The lowest BCUT2D eigenvalue weighted by Gasteiger charge is -2.07. The number of carbonyl (C=O) groups is 1. The number of hydrogen-bond acceptors (Lipinski definition) is 2. The number of rotatable bonds is 17. The molecule has 0 aromatic heterocycles. The zero-order valence-corrected chi connectivity index (χ0v) is 16.6. The predicted octanol–water partition coefficient (Wildman–Crippen LogP) is 5.22. The van der Waals surface area contributed by atoms with E-state index in [-0.39, 0.29) is 5.91 Å². The van der Waals surface area contributed by atoms with Crippen LogP contribution in [0, 0.1) is 5.92 Å². The second kappa shape index (κ2) is 17.0. The normalized spacial score (nSPS) is 11.0. The van der Waals surface area contributed by atoms with Gasteiger partial charge in [-0.15, -0.1) is 0 Å². The fourth-order valence-electron chi connectivity index (χ4n) is 2.73. The largest absolute Gasteiger partial charge is 0.352 e. The van der Waals surface area contributed by atoms with Crippen LogP contribution in [0.25, 0.3) is 0 Å². The maximum atomic E-state index is 11.3. The van der Waals surface area contributed by atoms with Crippen molar-refractivity contribution >= 4 is 5.91 Å². The highest BCUT2D eigenvalue weighted by Gasteiger charge is 1.99. The van der Waals surface area contributed by atoms with Gasteiger partial charge in [0.1, 0.15) is 0 Å². The van der Waals surface area contributed by atoms with Crippen LogP contribution >= 0.6 is 0 Å². The summed E-state index contributed by atoms with van der Waals surface area (Å²) in [5.74, 6) is 0.837. The number of nitrogens with one attached hydrogen (secondary N) is 2. The van der Waals surface area contributed by atoms with Gasteiger partial charge in [0.2, 0.25) is 5.91 Å². The molecule has 0 radical (unpaired) electrons. The highest BCUT2D eigenvalue weighted by Crippen LogP contribution is 2.12. The monoisotopic (exact) mass is 338 g/mol. The first-order chi connectivity index (χ1) is 11.5. The average Bonchev–Trinajstić information content (AvgIpc) is 2.53. The molecule has 3 nitrogen and oxygen atoms in total. The molecule has 1 amide bonds. The fourth-order valence-corrected chi connectivity index (χ4v) is 2.73. The number of unbranched alkanes of at least 4 members (excludes halogenated alkanes) is 8. The standard InChI is InChI=1S/C21H42N2O/c1-19(2)15-12-10-8-6-5-7-9-11-13-16-22-17-14-18-23-21(24)20(3)4/h19,22H,3,5-18H2,1-2,4H3,(H,23,24).